The first-order valence-electron chi connectivity index (χ1n) is 7.55. The van der Waals surface area contributed by atoms with Crippen molar-refractivity contribution in [2.45, 2.75) is 36.0 Å². The number of nitrogens with zero attached hydrogens (tertiary/aromatic N) is 1. The molecule has 0 unspecified atom stereocenters. The van der Waals surface area contributed by atoms with Crippen molar-refractivity contribution in [1.29, 1.82) is 0 Å². The first-order valence-corrected chi connectivity index (χ1v) is 8.99. The Labute approximate surface area is 131 Å². The van der Waals surface area contributed by atoms with E-state index in [4.69, 9.17) is 9.47 Å². The van der Waals surface area contributed by atoms with Crippen molar-refractivity contribution in [3.8, 4) is 0 Å². The number of sulfonamides is 1. The van der Waals surface area contributed by atoms with E-state index in [9.17, 15) is 8.42 Å². The predicted molar refractivity (Wildman–Crippen MR) is 83.0 cm³/mol. The molecule has 120 valence electrons. The van der Waals surface area contributed by atoms with Gasteiger partial charge in [-0.1, -0.05) is 24.3 Å². The van der Waals surface area contributed by atoms with Crippen LogP contribution in [-0.4, -0.2) is 50.7 Å². The minimum absolute atomic E-state index is 0.0585. The zero-order valence-electron chi connectivity index (χ0n) is 12.4. The predicted octanol–water partition coefficient (Wildman–Crippen LogP) is 1.81. The number of morpholine rings is 1. The maximum atomic E-state index is 12.9. The second-order valence-corrected chi connectivity index (χ2v) is 7.46. The lowest BCUT2D eigenvalue weighted by Crippen LogP contribution is -2.53. The maximum absolute atomic E-state index is 12.9. The third-order valence-corrected chi connectivity index (χ3v) is 6.20. The Morgan fingerprint density at radius 2 is 2.09 bits per heavy atom. The highest BCUT2D eigenvalue weighted by molar-refractivity contribution is 7.89. The van der Waals surface area contributed by atoms with E-state index in [1.807, 2.05) is 6.07 Å². The Morgan fingerprint density at radius 3 is 2.82 bits per heavy atom. The molecule has 0 N–H and O–H groups in total. The van der Waals surface area contributed by atoms with E-state index < -0.39 is 10.0 Å². The zero-order chi connectivity index (χ0) is 15.6. The van der Waals surface area contributed by atoms with Crippen molar-refractivity contribution >= 4 is 10.0 Å². The minimum Gasteiger partial charge on any atom is -0.372 e. The molecule has 1 saturated carbocycles. The lowest BCUT2D eigenvalue weighted by molar-refractivity contribution is -0.0911. The Hall–Kier alpha value is -1.21. The molecule has 2 aliphatic rings. The Kier molecular flexibility index (Phi) is 4.63. The van der Waals surface area contributed by atoms with Crippen LogP contribution in [0.1, 0.15) is 12.8 Å². The molecule has 1 saturated heterocycles. The van der Waals surface area contributed by atoms with Gasteiger partial charge in [0.2, 0.25) is 10.0 Å². The molecular formula is C16H21NO4S. The van der Waals surface area contributed by atoms with E-state index in [1.54, 1.807) is 34.6 Å². The van der Waals surface area contributed by atoms with E-state index in [0.29, 0.717) is 24.7 Å². The number of hydrogen-bond acceptors (Lipinski definition) is 4. The number of benzene rings is 1. The molecule has 0 amide bonds. The SMILES string of the molecule is C=CCO[C@@H]1CC[C@@H]2[C@@H]1OCCN2S(=O)(=O)c1ccccc1. The molecule has 1 aliphatic heterocycles. The van der Waals surface area contributed by atoms with Gasteiger partial charge in [-0.15, -0.1) is 6.58 Å². The molecule has 0 radical (unpaired) electrons. The smallest absolute Gasteiger partial charge is 0.243 e. The summed E-state index contributed by atoms with van der Waals surface area (Å²) in [6, 6.07) is 8.44. The summed E-state index contributed by atoms with van der Waals surface area (Å²) in [5.41, 5.74) is 0. The molecule has 5 nitrogen and oxygen atoms in total. The van der Waals surface area contributed by atoms with Crippen LogP contribution >= 0.6 is 0 Å². The average Bonchev–Trinajstić information content (AvgIpc) is 2.96. The number of rotatable bonds is 5. The number of fused-ring (bicyclic) bond motifs is 1. The standard InChI is InChI=1S/C16H21NO4S/c1-2-11-20-15-9-8-14-16(15)21-12-10-17(14)22(18,19)13-6-4-3-5-7-13/h2-7,14-16H,1,8-12H2/t14-,15-,16+/m1/s1. The van der Waals surface area contributed by atoms with Crippen molar-refractivity contribution in [2.75, 3.05) is 19.8 Å². The van der Waals surface area contributed by atoms with Crippen molar-refractivity contribution in [2.24, 2.45) is 0 Å². The molecule has 0 spiro atoms. The van der Waals surface area contributed by atoms with Gasteiger partial charge in [0.1, 0.15) is 6.10 Å². The van der Waals surface area contributed by atoms with Crippen LogP contribution in [0.25, 0.3) is 0 Å². The molecular weight excluding hydrogens is 302 g/mol. The van der Waals surface area contributed by atoms with Crippen LogP contribution in [0.5, 0.6) is 0 Å². The molecule has 3 rings (SSSR count). The molecule has 0 aromatic heterocycles. The topological polar surface area (TPSA) is 55.8 Å². The van der Waals surface area contributed by atoms with Gasteiger partial charge in [-0.3, -0.25) is 0 Å². The van der Waals surface area contributed by atoms with Gasteiger partial charge in [0, 0.05) is 6.54 Å². The second kappa shape index (κ2) is 6.50. The van der Waals surface area contributed by atoms with Crippen molar-refractivity contribution in [3.63, 3.8) is 0 Å². The van der Waals surface area contributed by atoms with Gasteiger partial charge >= 0.3 is 0 Å². The number of ether oxygens (including phenoxy) is 2. The summed E-state index contributed by atoms with van der Waals surface area (Å²) in [6.07, 6.45) is 3.03. The van der Waals surface area contributed by atoms with E-state index in [2.05, 4.69) is 6.58 Å². The summed E-state index contributed by atoms with van der Waals surface area (Å²) < 4.78 is 38.9. The molecule has 6 heteroatoms. The van der Waals surface area contributed by atoms with Gasteiger partial charge < -0.3 is 9.47 Å². The van der Waals surface area contributed by atoms with Crippen LogP contribution in [0.15, 0.2) is 47.9 Å². The molecule has 1 aromatic rings. The van der Waals surface area contributed by atoms with Gasteiger partial charge in [0.25, 0.3) is 0 Å². The Bertz CT molecular complexity index is 616. The van der Waals surface area contributed by atoms with E-state index >= 15 is 0 Å². The largest absolute Gasteiger partial charge is 0.372 e. The normalized spacial score (nSPS) is 29.2. The monoisotopic (exact) mass is 323 g/mol. The van der Waals surface area contributed by atoms with Crippen LogP contribution in [-0.2, 0) is 19.5 Å². The highest BCUT2D eigenvalue weighted by atomic mass is 32.2. The summed E-state index contributed by atoms with van der Waals surface area (Å²) in [4.78, 5) is 0.339. The minimum atomic E-state index is -3.48. The summed E-state index contributed by atoms with van der Waals surface area (Å²) in [6.45, 7) is 4.91. The van der Waals surface area contributed by atoms with Crippen molar-refractivity contribution in [3.05, 3.63) is 43.0 Å². The lowest BCUT2D eigenvalue weighted by Gasteiger charge is -2.38. The second-order valence-electron chi connectivity index (χ2n) is 5.57. The molecule has 3 atom stereocenters. The van der Waals surface area contributed by atoms with E-state index in [1.165, 1.54) is 0 Å². The fourth-order valence-corrected chi connectivity index (χ4v) is 4.95. The molecule has 2 fully saturated rings. The van der Waals surface area contributed by atoms with Crippen LogP contribution < -0.4 is 0 Å². The Balaban J connectivity index is 1.82. The van der Waals surface area contributed by atoms with Crippen LogP contribution in [0.3, 0.4) is 0 Å². The van der Waals surface area contributed by atoms with Crippen LogP contribution in [0.2, 0.25) is 0 Å². The first-order chi connectivity index (χ1) is 10.6. The summed E-state index contributed by atoms with van der Waals surface area (Å²) in [7, 11) is -3.48. The molecule has 1 heterocycles. The number of hydrogen-bond donors (Lipinski definition) is 0. The van der Waals surface area contributed by atoms with Crippen molar-refractivity contribution in [1.82, 2.24) is 4.31 Å². The first kappa shape index (κ1) is 15.7. The molecule has 0 bridgehead atoms. The summed E-state index contributed by atoms with van der Waals surface area (Å²) in [5, 5.41) is 0. The highest BCUT2D eigenvalue weighted by Gasteiger charge is 2.47. The van der Waals surface area contributed by atoms with Crippen molar-refractivity contribution < 1.29 is 17.9 Å². The lowest BCUT2D eigenvalue weighted by atomic mass is 10.1. The highest BCUT2D eigenvalue weighted by Crippen LogP contribution is 2.35. The molecule has 1 aliphatic carbocycles. The quantitative estimate of drug-likeness (QED) is 0.776. The fourth-order valence-electron chi connectivity index (χ4n) is 3.28. The Morgan fingerprint density at radius 1 is 1.32 bits per heavy atom. The molecule has 1 aromatic carbocycles. The third-order valence-electron chi connectivity index (χ3n) is 4.26. The van der Waals surface area contributed by atoms with E-state index in [0.717, 1.165) is 12.8 Å². The van der Waals surface area contributed by atoms with Crippen LogP contribution in [0, 0.1) is 0 Å². The average molecular weight is 323 g/mol. The third kappa shape index (κ3) is 2.84. The molecule has 22 heavy (non-hydrogen) atoms. The summed E-state index contributed by atoms with van der Waals surface area (Å²) in [5.74, 6) is 0. The van der Waals surface area contributed by atoms with Gasteiger partial charge in [0.15, 0.2) is 0 Å². The van der Waals surface area contributed by atoms with Gasteiger partial charge in [-0.25, -0.2) is 8.42 Å². The van der Waals surface area contributed by atoms with Gasteiger partial charge in [0.05, 0.1) is 30.3 Å². The van der Waals surface area contributed by atoms with Gasteiger partial charge in [-0.2, -0.15) is 4.31 Å². The zero-order valence-corrected chi connectivity index (χ0v) is 13.2. The maximum Gasteiger partial charge on any atom is 0.243 e. The van der Waals surface area contributed by atoms with E-state index in [-0.39, 0.29) is 18.2 Å². The van der Waals surface area contributed by atoms with Gasteiger partial charge in [-0.05, 0) is 25.0 Å². The fraction of sp³-hybridized carbons (Fsp3) is 0.500. The van der Waals surface area contributed by atoms with Crippen LogP contribution in [0.4, 0.5) is 0 Å². The summed E-state index contributed by atoms with van der Waals surface area (Å²) >= 11 is 0.